The average molecular weight is 935 g/mol. The monoisotopic (exact) mass is 934 g/mol. The van der Waals surface area contributed by atoms with Gasteiger partial charge < -0.3 is 44.7 Å². The predicted octanol–water partition coefficient (Wildman–Crippen LogP) is 2.76. The topological polar surface area (TPSA) is 234 Å². The summed E-state index contributed by atoms with van der Waals surface area (Å²) in [5.41, 5.74) is 3.91. The van der Waals surface area contributed by atoms with Gasteiger partial charge in [0.2, 0.25) is 11.8 Å². The van der Waals surface area contributed by atoms with Crippen molar-refractivity contribution in [2.75, 3.05) is 72.6 Å². The fraction of sp³-hybridized carbons (Fsp3) is 0.455. The number of carbonyl (C=O) groups excluding carboxylic acids is 5. The van der Waals surface area contributed by atoms with E-state index in [-0.39, 0.29) is 61.1 Å². The second kappa shape index (κ2) is 22.1. The molecular formula is C44H51ClN8O11S. The number of nitrogens with one attached hydrogen (secondary N) is 3. The molecule has 346 valence electrons. The van der Waals surface area contributed by atoms with Gasteiger partial charge in [0.1, 0.15) is 28.8 Å². The number of hydrogen-bond donors (Lipinski definition) is 4. The summed E-state index contributed by atoms with van der Waals surface area (Å²) in [6.07, 6.45) is -1.11. The lowest BCUT2D eigenvalue weighted by Crippen LogP contribution is -2.57. The lowest BCUT2D eigenvalue weighted by atomic mass is 9.99. The molecular weight excluding hydrogens is 884 g/mol. The zero-order valence-corrected chi connectivity index (χ0v) is 37.8. The van der Waals surface area contributed by atoms with Crippen LogP contribution in [-0.2, 0) is 33.3 Å². The van der Waals surface area contributed by atoms with Crippen LogP contribution in [0.4, 0.5) is 0 Å². The molecule has 3 atom stereocenters. The highest BCUT2D eigenvalue weighted by atomic mass is 35.5. The third-order valence-corrected chi connectivity index (χ3v) is 12.4. The summed E-state index contributed by atoms with van der Waals surface area (Å²) in [5.74, 6) is -0.885. The van der Waals surface area contributed by atoms with Crippen LogP contribution in [-0.4, -0.2) is 145 Å². The Kier molecular flexibility index (Phi) is 16.1. The first kappa shape index (κ1) is 47.4. The number of ether oxygens (including phenoxy) is 5. The summed E-state index contributed by atoms with van der Waals surface area (Å²) < 4.78 is 29.9. The summed E-state index contributed by atoms with van der Waals surface area (Å²) in [6.45, 7) is 8.74. The van der Waals surface area contributed by atoms with Gasteiger partial charge in [-0.15, -0.1) is 21.5 Å². The number of fused-ring (bicyclic) bond motifs is 4. The Morgan fingerprint density at radius 1 is 0.846 bits per heavy atom. The molecule has 2 aromatic heterocycles. The molecule has 0 saturated carbocycles. The number of aromatic nitrogens is 3. The Balaban J connectivity index is 0.717. The van der Waals surface area contributed by atoms with E-state index in [4.69, 9.17) is 40.3 Å². The van der Waals surface area contributed by atoms with Crippen LogP contribution in [0.25, 0.3) is 5.00 Å². The number of hydrogen-bond acceptors (Lipinski definition) is 15. The Morgan fingerprint density at radius 2 is 1.49 bits per heavy atom. The van der Waals surface area contributed by atoms with Gasteiger partial charge in [0.05, 0.1) is 82.2 Å². The van der Waals surface area contributed by atoms with Gasteiger partial charge >= 0.3 is 0 Å². The number of carbonyl (C=O) groups is 5. The Labute approximate surface area is 383 Å². The van der Waals surface area contributed by atoms with Gasteiger partial charge in [-0.2, -0.15) is 0 Å². The number of piperidine rings is 1. The minimum absolute atomic E-state index is 0.00355. The van der Waals surface area contributed by atoms with E-state index in [0.717, 1.165) is 38.1 Å². The third-order valence-electron chi connectivity index (χ3n) is 10.9. The van der Waals surface area contributed by atoms with E-state index >= 15 is 0 Å². The van der Waals surface area contributed by atoms with E-state index in [1.165, 1.54) is 23.1 Å². The van der Waals surface area contributed by atoms with E-state index < -0.39 is 42.6 Å². The number of thiophene rings is 1. The molecule has 0 spiro atoms. The maximum absolute atomic E-state index is 13.2. The Bertz CT molecular complexity index is 2420. The normalized spacial score (nSPS) is 17.8. The lowest BCUT2D eigenvalue weighted by Gasteiger charge is -2.33. The molecule has 2 aromatic carbocycles. The van der Waals surface area contributed by atoms with Gasteiger partial charge in [-0.25, -0.2) is 0 Å². The van der Waals surface area contributed by atoms with Crippen LogP contribution in [0.2, 0.25) is 5.02 Å². The number of aliphatic hydroxyl groups is 1. The van der Waals surface area contributed by atoms with Crippen molar-refractivity contribution in [3.8, 4) is 10.8 Å². The number of benzene rings is 2. The molecule has 21 heteroatoms. The molecule has 4 aromatic rings. The number of nitrogens with zero attached hydrogens (tertiary/aromatic N) is 5. The van der Waals surface area contributed by atoms with Crippen LogP contribution < -0.4 is 20.7 Å². The molecule has 65 heavy (non-hydrogen) atoms. The lowest BCUT2D eigenvalue weighted by molar-refractivity contribution is -0.129. The maximum atomic E-state index is 13.2. The molecule has 1 fully saturated rings. The molecule has 4 N–H and O–H groups in total. The van der Waals surface area contributed by atoms with Crippen molar-refractivity contribution in [3.05, 3.63) is 91.8 Å². The second-order valence-electron chi connectivity index (χ2n) is 15.3. The van der Waals surface area contributed by atoms with E-state index in [0.29, 0.717) is 63.6 Å². The third kappa shape index (κ3) is 11.3. The van der Waals surface area contributed by atoms with E-state index in [1.54, 1.807) is 11.3 Å². The van der Waals surface area contributed by atoms with Gasteiger partial charge in [0, 0.05) is 40.5 Å². The first-order chi connectivity index (χ1) is 31.4. The van der Waals surface area contributed by atoms with Gasteiger partial charge in [-0.05, 0) is 57.0 Å². The fourth-order valence-electron chi connectivity index (χ4n) is 7.60. The predicted molar refractivity (Wildman–Crippen MR) is 237 cm³/mol. The summed E-state index contributed by atoms with van der Waals surface area (Å²) in [4.78, 5) is 70.7. The van der Waals surface area contributed by atoms with E-state index in [1.807, 2.05) is 35.8 Å². The number of halogens is 1. The first-order valence-electron chi connectivity index (χ1n) is 21.2. The quantitative estimate of drug-likeness (QED) is 0.0657. The highest BCUT2D eigenvalue weighted by Gasteiger charge is 2.46. The standard InChI is InChI=1S/C44H51ClN8O11S/c1-25-26(2)65-44-37(25)39(28-7-9-29(45)10-8-28)48-31(40-51-50-27(3)52(40)44)23-35(55)46-13-15-60-17-19-62-21-22-63-20-18-61-16-14-47-36(56)24-64-33-6-4-5-30-38(33)43(59)53(42(30)58)32-11-12-34(54)49-41(32)57/h4-10,31-32,41,57H,11-24H2,1-3H3,(H,46,55)(H,47,56)(H,49,54)/t31-,32?,41?/m0/s1. The smallest absolute Gasteiger partial charge is 0.265 e. The number of aryl methyl sites for hydroxylation is 2. The van der Waals surface area contributed by atoms with Crippen molar-refractivity contribution in [2.24, 2.45) is 4.99 Å². The van der Waals surface area contributed by atoms with Gasteiger partial charge in [-0.3, -0.25) is 38.4 Å². The zero-order chi connectivity index (χ0) is 46.0. The van der Waals surface area contributed by atoms with Gasteiger partial charge in [-0.1, -0.05) is 29.8 Å². The molecule has 3 aliphatic rings. The molecule has 19 nitrogen and oxygen atoms in total. The summed E-state index contributed by atoms with van der Waals surface area (Å²) in [6, 6.07) is 10.6. The van der Waals surface area contributed by atoms with Gasteiger partial charge in [0.15, 0.2) is 12.4 Å². The zero-order valence-electron chi connectivity index (χ0n) is 36.2. The highest BCUT2D eigenvalue weighted by Crippen LogP contribution is 2.40. The molecule has 3 aliphatic heterocycles. The van der Waals surface area contributed by atoms with Crippen molar-refractivity contribution < 1.29 is 52.8 Å². The van der Waals surface area contributed by atoms with Crippen molar-refractivity contribution in [1.82, 2.24) is 35.6 Å². The minimum atomic E-state index is -1.38. The van der Waals surface area contributed by atoms with Gasteiger partial charge in [0.25, 0.3) is 17.7 Å². The van der Waals surface area contributed by atoms with Crippen LogP contribution >= 0.6 is 22.9 Å². The molecule has 0 aliphatic carbocycles. The number of imide groups is 1. The summed E-state index contributed by atoms with van der Waals surface area (Å²) in [5, 5.41) is 28.7. The number of aliphatic imine (C=N–C) groups is 1. The molecule has 7 rings (SSSR count). The van der Waals surface area contributed by atoms with E-state index in [9.17, 15) is 29.1 Å². The highest BCUT2D eigenvalue weighted by molar-refractivity contribution is 7.15. The van der Waals surface area contributed by atoms with Crippen molar-refractivity contribution in [3.63, 3.8) is 0 Å². The molecule has 1 saturated heterocycles. The summed E-state index contributed by atoms with van der Waals surface area (Å²) >= 11 is 7.87. The number of rotatable bonds is 22. The molecule has 2 unspecified atom stereocenters. The van der Waals surface area contributed by atoms with E-state index in [2.05, 4.69) is 40.0 Å². The van der Waals surface area contributed by atoms with Crippen molar-refractivity contribution in [1.29, 1.82) is 0 Å². The maximum Gasteiger partial charge on any atom is 0.265 e. The SMILES string of the molecule is Cc1sc2c(c1C)C(c1ccc(Cl)cc1)=N[C@@H](CC(=O)NCCOCCOCCOCCOCCNC(=O)COc1cccc3c1C(=O)N(C1CCC(=O)NC1O)C3=O)c1nnc(C)n1-2. The average Bonchev–Trinajstić information content (AvgIpc) is 3.86. The van der Waals surface area contributed by atoms with Crippen molar-refractivity contribution in [2.45, 2.75) is 58.3 Å². The van der Waals surface area contributed by atoms with Crippen LogP contribution in [0.1, 0.15) is 79.2 Å². The largest absolute Gasteiger partial charge is 0.483 e. The van der Waals surface area contributed by atoms with Crippen molar-refractivity contribution >= 4 is 58.2 Å². The first-order valence-corrected chi connectivity index (χ1v) is 22.4. The summed E-state index contributed by atoms with van der Waals surface area (Å²) in [7, 11) is 0. The second-order valence-corrected chi connectivity index (χ2v) is 17.0. The molecule has 5 heterocycles. The van der Waals surface area contributed by atoms with Crippen LogP contribution in [0.5, 0.6) is 5.75 Å². The van der Waals surface area contributed by atoms with Crippen LogP contribution in [0.3, 0.4) is 0 Å². The minimum Gasteiger partial charge on any atom is -0.483 e. The Morgan fingerprint density at radius 3 is 2.15 bits per heavy atom. The number of aliphatic hydroxyl groups excluding tert-OH is 1. The van der Waals surface area contributed by atoms with Crippen LogP contribution in [0, 0.1) is 20.8 Å². The van der Waals surface area contributed by atoms with Crippen LogP contribution in [0.15, 0.2) is 47.5 Å². The fourth-order valence-corrected chi connectivity index (χ4v) is 8.94. The number of amides is 5. The Hall–Kier alpha value is -5.61. The molecule has 0 radical (unpaired) electrons. The molecule has 0 bridgehead atoms. The molecule has 5 amide bonds.